The van der Waals surface area contributed by atoms with Crippen LogP contribution in [0.15, 0.2) is 42.5 Å². The molecule has 30 heavy (non-hydrogen) atoms. The number of nitrogens with zero attached hydrogens (tertiary/aromatic N) is 6. The van der Waals surface area contributed by atoms with E-state index in [-0.39, 0.29) is 0 Å². The fourth-order valence-electron chi connectivity index (χ4n) is 4.27. The minimum Gasteiger partial charge on any atom is -0.341 e. The van der Waals surface area contributed by atoms with E-state index < -0.39 is 0 Å². The maximum atomic E-state index is 6.13. The lowest BCUT2D eigenvalue weighted by molar-refractivity contribution is 0.495. The minimum atomic E-state index is 0.464. The Hall–Kier alpha value is -2.77. The van der Waals surface area contributed by atoms with Crippen LogP contribution in [0.5, 0.6) is 0 Å². The highest BCUT2D eigenvalue weighted by molar-refractivity contribution is 7.18. The molecule has 2 aromatic carbocycles. The van der Waals surface area contributed by atoms with E-state index >= 15 is 0 Å². The second kappa shape index (κ2) is 6.89. The number of halogens is 1. The number of rotatable bonds is 2. The number of hydrogen-bond donors (Lipinski definition) is 0. The third-order valence-electron chi connectivity index (χ3n) is 5.76. The largest absolute Gasteiger partial charge is 0.341 e. The van der Waals surface area contributed by atoms with Gasteiger partial charge in [-0.3, -0.25) is 0 Å². The lowest BCUT2D eigenvalue weighted by Crippen LogP contribution is -2.35. The van der Waals surface area contributed by atoms with Gasteiger partial charge in [0.25, 0.3) is 0 Å². The zero-order valence-corrected chi connectivity index (χ0v) is 18.0. The molecule has 5 aromatic rings. The minimum absolute atomic E-state index is 0.464. The average molecular weight is 435 g/mol. The first-order valence-corrected chi connectivity index (χ1v) is 11.3. The third-order valence-corrected chi connectivity index (χ3v) is 7.20. The fourth-order valence-corrected chi connectivity index (χ4v) is 5.55. The van der Waals surface area contributed by atoms with E-state index in [2.05, 4.69) is 27.1 Å². The monoisotopic (exact) mass is 434 g/mol. The Bertz CT molecular complexity index is 1400. The summed E-state index contributed by atoms with van der Waals surface area (Å²) in [5, 5.41) is 7.61. The average Bonchev–Trinajstić information content (AvgIpc) is 3.36. The van der Waals surface area contributed by atoms with Crippen LogP contribution < -0.4 is 4.90 Å². The summed E-state index contributed by atoms with van der Waals surface area (Å²) in [5.74, 6) is 2.10. The van der Waals surface area contributed by atoms with Crippen LogP contribution in [-0.4, -0.2) is 37.7 Å². The van der Waals surface area contributed by atoms with Gasteiger partial charge in [0.2, 0.25) is 5.95 Å². The zero-order valence-electron chi connectivity index (χ0n) is 16.4. The number of benzene rings is 2. The lowest BCUT2D eigenvalue weighted by Gasteiger charge is -2.31. The van der Waals surface area contributed by atoms with E-state index in [1.54, 1.807) is 11.3 Å². The van der Waals surface area contributed by atoms with Gasteiger partial charge in [-0.15, -0.1) is 16.4 Å². The first-order chi connectivity index (χ1) is 14.7. The summed E-state index contributed by atoms with van der Waals surface area (Å²) < 4.78 is 3.10. The molecule has 1 saturated heterocycles. The zero-order chi connectivity index (χ0) is 20.2. The van der Waals surface area contributed by atoms with Gasteiger partial charge in [-0.2, -0.15) is 4.52 Å². The summed E-state index contributed by atoms with van der Waals surface area (Å²) in [5.41, 5.74) is 2.83. The number of fused-ring (bicyclic) bond motifs is 4. The van der Waals surface area contributed by atoms with Crippen LogP contribution in [0, 0.1) is 6.92 Å². The topological polar surface area (TPSA) is 59.2 Å². The van der Waals surface area contributed by atoms with Crippen LogP contribution in [-0.2, 0) is 0 Å². The molecule has 6 nitrogen and oxygen atoms in total. The molecule has 1 aliphatic heterocycles. The van der Waals surface area contributed by atoms with Gasteiger partial charge in [0.05, 0.1) is 20.7 Å². The fraction of sp³-hybridized carbons (Fsp3) is 0.273. The Morgan fingerprint density at radius 2 is 1.83 bits per heavy atom. The first-order valence-electron chi connectivity index (χ1n) is 10.1. The van der Waals surface area contributed by atoms with Crippen LogP contribution in [0.2, 0.25) is 5.02 Å². The van der Waals surface area contributed by atoms with Gasteiger partial charge in [0.1, 0.15) is 5.82 Å². The number of aromatic nitrogens is 5. The molecule has 0 spiro atoms. The third kappa shape index (κ3) is 2.92. The summed E-state index contributed by atoms with van der Waals surface area (Å²) >= 11 is 7.92. The number of anilines is 1. The molecule has 6 rings (SSSR count). The molecule has 0 radical (unpaired) electrons. The summed E-state index contributed by atoms with van der Waals surface area (Å²) in [6.07, 6.45) is 2.08. The van der Waals surface area contributed by atoms with Crippen LogP contribution >= 0.6 is 22.9 Å². The molecular weight excluding hydrogens is 416 g/mol. The van der Waals surface area contributed by atoms with Crippen molar-refractivity contribution in [2.24, 2.45) is 0 Å². The normalized spacial score (nSPS) is 15.6. The molecule has 1 fully saturated rings. The highest BCUT2D eigenvalue weighted by atomic mass is 35.5. The molecule has 1 aliphatic rings. The van der Waals surface area contributed by atoms with Crippen molar-refractivity contribution in [3.05, 3.63) is 58.3 Å². The summed E-state index contributed by atoms with van der Waals surface area (Å²) in [4.78, 5) is 16.8. The van der Waals surface area contributed by atoms with Gasteiger partial charge >= 0.3 is 0 Å². The number of hydrogen-bond acceptors (Lipinski definition) is 6. The quantitative estimate of drug-likeness (QED) is 0.380. The maximum absolute atomic E-state index is 6.13. The number of aryl methyl sites for hydroxylation is 1. The van der Waals surface area contributed by atoms with Gasteiger partial charge < -0.3 is 4.90 Å². The predicted octanol–water partition coefficient (Wildman–Crippen LogP) is 5.23. The molecule has 0 bridgehead atoms. The Morgan fingerprint density at radius 3 is 2.70 bits per heavy atom. The molecular formula is C22H19ClN6S. The number of thiazole rings is 1. The highest BCUT2D eigenvalue weighted by Gasteiger charge is 2.26. The summed E-state index contributed by atoms with van der Waals surface area (Å²) in [6.45, 7) is 3.76. The van der Waals surface area contributed by atoms with Gasteiger partial charge in [-0.05, 0) is 50.1 Å². The SMILES string of the molecule is Cc1nc2c3ccccc3nc(N3CCC(c4nc5cc(Cl)ccc5s4)CC3)n2n1. The Labute approximate surface area is 182 Å². The van der Waals surface area contributed by atoms with Crippen molar-refractivity contribution in [2.45, 2.75) is 25.7 Å². The smallest absolute Gasteiger partial charge is 0.229 e. The second-order valence-corrected chi connectivity index (χ2v) is 9.25. The van der Waals surface area contributed by atoms with Gasteiger partial charge in [-0.25, -0.2) is 15.0 Å². The van der Waals surface area contributed by atoms with Crippen molar-refractivity contribution in [3.63, 3.8) is 0 Å². The van der Waals surface area contributed by atoms with Crippen LogP contribution in [0.25, 0.3) is 26.8 Å². The molecule has 0 unspecified atom stereocenters. The predicted molar refractivity (Wildman–Crippen MR) is 122 cm³/mol. The molecule has 0 atom stereocenters. The molecule has 0 saturated carbocycles. The molecule has 3 aromatic heterocycles. The Morgan fingerprint density at radius 1 is 1.00 bits per heavy atom. The van der Waals surface area contributed by atoms with Crippen molar-refractivity contribution >= 4 is 55.7 Å². The number of para-hydroxylation sites is 1. The second-order valence-electron chi connectivity index (χ2n) is 7.75. The van der Waals surface area contributed by atoms with E-state index in [1.807, 2.05) is 41.8 Å². The van der Waals surface area contributed by atoms with E-state index in [4.69, 9.17) is 21.6 Å². The molecule has 150 valence electrons. The molecule has 8 heteroatoms. The van der Waals surface area contributed by atoms with E-state index in [9.17, 15) is 0 Å². The van der Waals surface area contributed by atoms with Crippen molar-refractivity contribution in [1.29, 1.82) is 0 Å². The molecule has 0 aliphatic carbocycles. The number of piperidine rings is 1. The van der Waals surface area contributed by atoms with Crippen molar-refractivity contribution in [2.75, 3.05) is 18.0 Å². The Balaban J connectivity index is 1.32. The Kier molecular flexibility index (Phi) is 4.14. The van der Waals surface area contributed by atoms with Crippen LogP contribution in [0.1, 0.15) is 29.6 Å². The van der Waals surface area contributed by atoms with Crippen molar-refractivity contribution in [1.82, 2.24) is 24.6 Å². The molecule has 0 N–H and O–H groups in total. The standard InChI is InChI=1S/C22H19ClN6S/c1-13-24-20-16-4-2-3-5-17(16)26-22(29(20)27-13)28-10-8-14(9-11-28)21-25-18-12-15(23)6-7-19(18)30-21/h2-7,12,14H,8-11H2,1H3. The molecule has 0 amide bonds. The van der Waals surface area contributed by atoms with Gasteiger partial charge in [0, 0.05) is 29.4 Å². The lowest BCUT2D eigenvalue weighted by atomic mass is 9.98. The van der Waals surface area contributed by atoms with E-state index in [1.165, 1.54) is 9.71 Å². The van der Waals surface area contributed by atoms with Crippen molar-refractivity contribution in [3.8, 4) is 0 Å². The summed E-state index contributed by atoms with van der Waals surface area (Å²) in [6, 6.07) is 14.1. The summed E-state index contributed by atoms with van der Waals surface area (Å²) in [7, 11) is 0. The van der Waals surface area contributed by atoms with Gasteiger partial charge in [-0.1, -0.05) is 23.7 Å². The van der Waals surface area contributed by atoms with Crippen LogP contribution in [0.4, 0.5) is 5.95 Å². The van der Waals surface area contributed by atoms with Gasteiger partial charge in [0.15, 0.2) is 5.65 Å². The van der Waals surface area contributed by atoms with Crippen LogP contribution in [0.3, 0.4) is 0 Å². The first kappa shape index (κ1) is 18.0. The maximum Gasteiger partial charge on any atom is 0.229 e. The molecule has 4 heterocycles. The van der Waals surface area contributed by atoms with Crippen molar-refractivity contribution < 1.29 is 0 Å². The van der Waals surface area contributed by atoms with E-state index in [0.29, 0.717) is 5.92 Å². The highest BCUT2D eigenvalue weighted by Crippen LogP contribution is 2.36. The van der Waals surface area contributed by atoms with E-state index in [0.717, 1.165) is 64.8 Å².